The van der Waals surface area contributed by atoms with Gasteiger partial charge in [0.15, 0.2) is 0 Å². The van der Waals surface area contributed by atoms with Crippen molar-refractivity contribution >= 4 is 29.1 Å². The number of ketones is 1. The van der Waals surface area contributed by atoms with E-state index < -0.39 is 23.3 Å². The van der Waals surface area contributed by atoms with Crippen molar-refractivity contribution < 1.29 is 19.0 Å². The Morgan fingerprint density at radius 1 is 1.48 bits per heavy atom. The van der Waals surface area contributed by atoms with Crippen LogP contribution in [0.5, 0.6) is 0 Å². The molecule has 2 rings (SSSR count). The largest absolute Gasteiger partial charge is 0.391 e. The topological polar surface area (TPSA) is 81.4 Å². The number of rotatable bonds is 8. The number of Topliss-reactive ketones (excluding diaryl/α,β-unsaturated/α-hetero) is 1. The summed E-state index contributed by atoms with van der Waals surface area (Å²) in [6.07, 6.45) is 1.05. The maximum absolute atomic E-state index is 14.4. The van der Waals surface area contributed by atoms with Crippen LogP contribution >= 0.6 is 23.4 Å². The molecule has 146 valence electrons. The highest BCUT2D eigenvalue weighted by molar-refractivity contribution is 7.98. The Bertz CT molecular complexity index is 902. The number of aliphatic hydroxyl groups excluding tert-OH is 1. The molecule has 0 aliphatic rings. The van der Waals surface area contributed by atoms with Crippen LogP contribution < -0.4 is 5.56 Å². The van der Waals surface area contributed by atoms with E-state index >= 15 is 0 Å². The van der Waals surface area contributed by atoms with Crippen molar-refractivity contribution in [2.45, 2.75) is 24.3 Å². The lowest BCUT2D eigenvalue weighted by molar-refractivity contribution is 0.0420. The highest BCUT2D eigenvalue weighted by atomic mass is 35.5. The lowest BCUT2D eigenvalue weighted by Gasteiger charge is -2.13. The molecule has 0 saturated heterocycles. The number of halogens is 2. The molecule has 1 aromatic heterocycles. The first kappa shape index (κ1) is 21.6. The van der Waals surface area contributed by atoms with Gasteiger partial charge in [-0.1, -0.05) is 17.7 Å². The lowest BCUT2D eigenvalue weighted by atomic mass is 10.0. The van der Waals surface area contributed by atoms with Gasteiger partial charge in [-0.3, -0.25) is 9.59 Å². The van der Waals surface area contributed by atoms with Gasteiger partial charge >= 0.3 is 0 Å². The van der Waals surface area contributed by atoms with Crippen LogP contribution in [0.1, 0.15) is 28.5 Å². The summed E-state index contributed by atoms with van der Waals surface area (Å²) >= 11 is 7.56. The van der Waals surface area contributed by atoms with E-state index in [1.807, 2.05) is 6.26 Å². The third kappa shape index (κ3) is 5.38. The van der Waals surface area contributed by atoms with E-state index in [1.54, 1.807) is 12.1 Å². The molecule has 9 heteroatoms. The fourth-order valence-electron chi connectivity index (χ4n) is 2.40. The summed E-state index contributed by atoms with van der Waals surface area (Å²) in [6.45, 7) is 1.16. The molecule has 0 bridgehead atoms. The third-order valence-corrected chi connectivity index (χ3v) is 4.88. The number of carbonyl (C=O) groups is 1. The van der Waals surface area contributed by atoms with Gasteiger partial charge in [0.05, 0.1) is 12.7 Å². The minimum absolute atomic E-state index is 0.0225. The van der Waals surface area contributed by atoms with Crippen LogP contribution in [0.15, 0.2) is 27.9 Å². The van der Waals surface area contributed by atoms with Crippen molar-refractivity contribution in [1.29, 1.82) is 0 Å². The summed E-state index contributed by atoms with van der Waals surface area (Å²) in [6, 6.07) is 4.72. The van der Waals surface area contributed by atoms with Gasteiger partial charge in [-0.05, 0) is 30.9 Å². The van der Waals surface area contributed by atoms with Crippen LogP contribution in [0.4, 0.5) is 4.39 Å². The van der Waals surface area contributed by atoms with Crippen LogP contribution in [0.25, 0.3) is 0 Å². The SMILES string of the molecule is CSc1ccc(Cc2c(C(=O)COC[C@H](C)O)nn(C)c(=O)c2Cl)c(F)c1. The monoisotopic (exact) mass is 414 g/mol. The molecule has 1 aromatic carbocycles. The molecular formula is C18H20ClFN2O4S. The number of benzene rings is 1. The zero-order chi connectivity index (χ0) is 20.1. The maximum atomic E-state index is 14.4. The average Bonchev–Trinajstić information content (AvgIpc) is 2.62. The minimum Gasteiger partial charge on any atom is -0.391 e. The van der Waals surface area contributed by atoms with Gasteiger partial charge < -0.3 is 9.84 Å². The van der Waals surface area contributed by atoms with Gasteiger partial charge in [0.25, 0.3) is 5.56 Å². The maximum Gasteiger partial charge on any atom is 0.285 e. The first-order valence-electron chi connectivity index (χ1n) is 8.11. The van der Waals surface area contributed by atoms with E-state index in [-0.39, 0.29) is 35.9 Å². The first-order valence-corrected chi connectivity index (χ1v) is 9.72. The second kappa shape index (κ2) is 9.45. The molecule has 1 heterocycles. The van der Waals surface area contributed by atoms with Crippen molar-refractivity contribution in [1.82, 2.24) is 9.78 Å². The summed E-state index contributed by atoms with van der Waals surface area (Å²) in [5.41, 5.74) is -0.180. The van der Waals surface area contributed by atoms with Gasteiger partial charge in [-0.15, -0.1) is 11.8 Å². The zero-order valence-corrected chi connectivity index (χ0v) is 16.7. The minimum atomic E-state index is -0.724. The van der Waals surface area contributed by atoms with Crippen LogP contribution in [-0.4, -0.2) is 46.2 Å². The summed E-state index contributed by atoms with van der Waals surface area (Å²) in [4.78, 5) is 25.4. The third-order valence-electron chi connectivity index (χ3n) is 3.77. The predicted octanol–water partition coefficient (Wildman–Crippen LogP) is 2.47. The van der Waals surface area contributed by atoms with E-state index in [2.05, 4.69) is 5.10 Å². The number of aryl methyl sites for hydroxylation is 1. The smallest absolute Gasteiger partial charge is 0.285 e. The second-order valence-corrected chi connectivity index (χ2v) is 7.25. The molecule has 0 spiro atoms. The standard InChI is InChI=1S/C18H20ClFN2O4S/c1-10(23)8-26-9-15(24)17-13(16(19)18(25)22(2)21-17)6-11-4-5-12(27-3)7-14(11)20/h4-5,7,10,23H,6,8-9H2,1-3H3/t10-/m0/s1. The summed E-state index contributed by atoms with van der Waals surface area (Å²) < 4.78 is 20.5. The summed E-state index contributed by atoms with van der Waals surface area (Å²) in [7, 11) is 1.37. The van der Waals surface area contributed by atoms with Crippen molar-refractivity contribution in [3.05, 3.63) is 56.2 Å². The Hall–Kier alpha value is -1.74. The molecule has 0 saturated carbocycles. The number of aliphatic hydroxyl groups is 1. The van der Waals surface area contributed by atoms with Crippen molar-refractivity contribution in [2.24, 2.45) is 7.05 Å². The molecule has 0 amide bonds. The molecule has 0 aliphatic carbocycles. The van der Waals surface area contributed by atoms with E-state index in [0.717, 1.165) is 9.58 Å². The number of carbonyl (C=O) groups excluding carboxylic acids is 1. The predicted molar refractivity (Wildman–Crippen MR) is 102 cm³/mol. The van der Waals surface area contributed by atoms with Gasteiger partial charge in [0, 0.05) is 23.9 Å². The van der Waals surface area contributed by atoms with Crippen molar-refractivity contribution in [3.63, 3.8) is 0 Å². The average molecular weight is 415 g/mol. The molecule has 0 aliphatic heterocycles. The van der Waals surface area contributed by atoms with E-state index in [9.17, 15) is 19.1 Å². The molecule has 0 fully saturated rings. The normalized spacial score (nSPS) is 12.2. The highest BCUT2D eigenvalue weighted by Crippen LogP contribution is 2.24. The van der Waals surface area contributed by atoms with Crippen LogP contribution in [0.2, 0.25) is 5.02 Å². The van der Waals surface area contributed by atoms with Crippen molar-refractivity contribution in [3.8, 4) is 0 Å². The molecule has 27 heavy (non-hydrogen) atoms. The molecule has 2 aromatic rings. The number of aromatic nitrogens is 2. The van der Waals surface area contributed by atoms with E-state index in [4.69, 9.17) is 16.3 Å². The van der Waals surface area contributed by atoms with Crippen LogP contribution in [0.3, 0.4) is 0 Å². The van der Waals surface area contributed by atoms with Gasteiger partial charge in [0.1, 0.15) is 23.1 Å². The zero-order valence-electron chi connectivity index (χ0n) is 15.2. The Morgan fingerprint density at radius 2 is 2.19 bits per heavy atom. The highest BCUT2D eigenvalue weighted by Gasteiger charge is 2.22. The molecule has 1 atom stereocenters. The number of ether oxygens (including phenoxy) is 1. The molecule has 0 radical (unpaired) electrons. The second-order valence-electron chi connectivity index (χ2n) is 5.99. The quantitative estimate of drug-likeness (QED) is 0.528. The molecule has 1 N–H and O–H groups in total. The Labute approximate surface area is 165 Å². The first-order chi connectivity index (χ1) is 12.7. The number of hydrogen-bond acceptors (Lipinski definition) is 6. The van der Waals surface area contributed by atoms with Gasteiger partial charge in [-0.25, -0.2) is 9.07 Å². The number of nitrogens with zero attached hydrogens (tertiary/aromatic N) is 2. The van der Waals surface area contributed by atoms with Crippen LogP contribution in [-0.2, 0) is 18.2 Å². The number of hydrogen-bond donors (Lipinski definition) is 1. The van der Waals surface area contributed by atoms with E-state index in [0.29, 0.717) is 5.56 Å². The lowest BCUT2D eigenvalue weighted by Crippen LogP contribution is -2.27. The Morgan fingerprint density at radius 3 is 2.78 bits per heavy atom. The Balaban J connectivity index is 2.41. The summed E-state index contributed by atoms with van der Waals surface area (Å²) in [5, 5.41) is 13.0. The molecule has 0 unspecified atom stereocenters. The Kier molecular flexibility index (Phi) is 7.55. The fraction of sp³-hybridized carbons (Fsp3) is 0.389. The summed E-state index contributed by atoms with van der Waals surface area (Å²) in [5.74, 6) is -0.966. The van der Waals surface area contributed by atoms with Crippen LogP contribution in [0, 0.1) is 5.82 Å². The molecular weight excluding hydrogens is 395 g/mol. The van der Waals surface area contributed by atoms with Gasteiger partial charge in [0.2, 0.25) is 5.78 Å². The van der Waals surface area contributed by atoms with E-state index in [1.165, 1.54) is 31.8 Å². The van der Waals surface area contributed by atoms with Crippen molar-refractivity contribution in [2.75, 3.05) is 19.5 Å². The fourth-order valence-corrected chi connectivity index (χ4v) is 3.10. The van der Waals surface area contributed by atoms with Gasteiger partial charge in [-0.2, -0.15) is 5.10 Å². The molecule has 6 nitrogen and oxygen atoms in total. The number of thioether (sulfide) groups is 1.